The zero-order chi connectivity index (χ0) is 14.3. The normalized spacial score (nSPS) is 14.3. The molecule has 0 aliphatic heterocycles. The lowest BCUT2D eigenvalue weighted by Crippen LogP contribution is -2.42. The standard InChI is InChI=1S/C13H22ClN3OS.HI/c1-4-9(3)17-13(15-5-2)16-8-10(18)11-6-7-12(14)19-11;/h6-7,9-10,18H,4-5,8H2,1-3H3,(H2,15,16,17);1H. The molecule has 0 aromatic carbocycles. The van der Waals surface area contributed by atoms with Crippen LogP contribution >= 0.6 is 46.9 Å². The Morgan fingerprint density at radius 2 is 2.15 bits per heavy atom. The summed E-state index contributed by atoms with van der Waals surface area (Å²) in [6.45, 7) is 7.35. The van der Waals surface area contributed by atoms with Gasteiger partial charge in [0.25, 0.3) is 0 Å². The van der Waals surface area contributed by atoms with Gasteiger partial charge in [-0.1, -0.05) is 18.5 Å². The monoisotopic (exact) mass is 431 g/mol. The molecule has 1 aromatic heterocycles. The summed E-state index contributed by atoms with van der Waals surface area (Å²) in [6, 6.07) is 3.98. The number of thiophene rings is 1. The number of nitrogens with one attached hydrogen (secondary N) is 2. The highest BCUT2D eigenvalue weighted by atomic mass is 127. The van der Waals surface area contributed by atoms with Crippen molar-refractivity contribution in [2.75, 3.05) is 13.1 Å². The van der Waals surface area contributed by atoms with E-state index in [0.717, 1.165) is 23.8 Å². The molecule has 0 bridgehead atoms. The van der Waals surface area contributed by atoms with Gasteiger partial charge in [0.15, 0.2) is 5.96 Å². The number of aliphatic imine (C=N–C) groups is 1. The summed E-state index contributed by atoms with van der Waals surface area (Å²) in [5.41, 5.74) is 0. The van der Waals surface area contributed by atoms with Crippen molar-refractivity contribution in [3.05, 3.63) is 21.3 Å². The van der Waals surface area contributed by atoms with Gasteiger partial charge < -0.3 is 15.7 Å². The van der Waals surface area contributed by atoms with E-state index in [1.54, 1.807) is 6.07 Å². The molecule has 0 amide bonds. The Hall–Kier alpha value is -0.0500. The second-order valence-corrected chi connectivity index (χ2v) is 6.08. The summed E-state index contributed by atoms with van der Waals surface area (Å²) in [4.78, 5) is 5.24. The third kappa shape index (κ3) is 7.10. The lowest BCUT2D eigenvalue weighted by molar-refractivity contribution is 0.191. The van der Waals surface area contributed by atoms with Gasteiger partial charge in [-0.05, 0) is 32.4 Å². The molecule has 0 saturated heterocycles. The maximum absolute atomic E-state index is 10.0. The Kier molecular flexibility index (Phi) is 10.6. The first-order valence-corrected chi connectivity index (χ1v) is 7.74. The Morgan fingerprint density at radius 1 is 1.45 bits per heavy atom. The van der Waals surface area contributed by atoms with Crippen molar-refractivity contribution in [1.29, 1.82) is 0 Å². The molecule has 0 aliphatic rings. The number of aliphatic hydroxyl groups is 1. The molecule has 0 fully saturated rings. The Balaban J connectivity index is 0.00000361. The molecule has 4 nitrogen and oxygen atoms in total. The van der Waals surface area contributed by atoms with Crippen molar-refractivity contribution >= 4 is 52.9 Å². The van der Waals surface area contributed by atoms with Crippen LogP contribution in [0.2, 0.25) is 4.34 Å². The van der Waals surface area contributed by atoms with Crippen molar-refractivity contribution in [2.24, 2.45) is 4.99 Å². The number of guanidine groups is 1. The minimum Gasteiger partial charge on any atom is -0.386 e. The first kappa shape index (κ1) is 19.9. The van der Waals surface area contributed by atoms with Crippen LogP contribution in [0.25, 0.3) is 0 Å². The van der Waals surface area contributed by atoms with Gasteiger partial charge in [0.2, 0.25) is 0 Å². The van der Waals surface area contributed by atoms with Gasteiger partial charge in [-0.3, -0.25) is 4.99 Å². The van der Waals surface area contributed by atoms with E-state index in [0.29, 0.717) is 16.9 Å². The quantitative estimate of drug-likeness (QED) is 0.367. The lowest BCUT2D eigenvalue weighted by Gasteiger charge is -2.16. The molecule has 1 heterocycles. The predicted molar refractivity (Wildman–Crippen MR) is 98.6 cm³/mol. The fourth-order valence-corrected chi connectivity index (χ4v) is 2.47. The third-order valence-electron chi connectivity index (χ3n) is 2.68. The lowest BCUT2D eigenvalue weighted by atomic mass is 10.3. The first-order valence-electron chi connectivity index (χ1n) is 6.54. The van der Waals surface area contributed by atoms with E-state index in [4.69, 9.17) is 11.6 Å². The van der Waals surface area contributed by atoms with Gasteiger partial charge in [-0.2, -0.15) is 0 Å². The summed E-state index contributed by atoms with van der Waals surface area (Å²) < 4.78 is 0.683. The van der Waals surface area contributed by atoms with E-state index in [1.807, 2.05) is 13.0 Å². The summed E-state index contributed by atoms with van der Waals surface area (Å²) in [7, 11) is 0. The number of rotatable bonds is 6. The van der Waals surface area contributed by atoms with Crippen LogP contribution in [0.4, 0.5) is 0 Å². The summed E-state index contributed by atoms with van der Waals surface area (Å²) in [5, 5.41) is 16.5. The van der Waals surface area contributed by atoms with E-state index >= 15 is 0 Å². The van der Waals surface area contributed by atoms with Crippen LogP contribution in [-0.2, 0) is 0 Å². The van der Waals surface area contributed by atoms with E-state index in [2.05, 4.69) is 29.5 Å². The highest BCUT2D eigenvalue weighted by molar-refractivity contribution is 14.0. The fraction of sp³-hybridized carbons (Fsp3) is 0.615. The minimum atomic E-state index is -0.607. The van der Waals surface area contributed by atoms with Crippen molar-refractivity contribution in [2.45, 2.75) is 39.3 Å². The topological polar surface area (TPSA) is 56.7 Å². The van der Waals surface area contributed by atoms with E-state index in [1.165, 1.54) is 11.3 Å². The van der Waals surface area contributed by atoms with Gasteiger partial charge in [0, 0.05) is 17.5 Å². The molecular formula is C13H23ClIN3OS. The van der Waals surface area contributed by atoms with E-state index in [-0.39, 0.29) is 24.0 Å². The molecule has 0 spiro atoms. The van der Waals surface area contributed by atoms with Gasteiger partial charge in [-0.25, -0.2) is 0 Å². The number of hydrogen-bond donors (Lipinski definition) is 3. The number of halogens is 2. The smallest absolute Gasteiger partial charge is 0.191 e. The Bertz CT molecular complexity index is 414. The highest BCUT2D eigenvalue weighted by Gasteiger charge is 2.10. The van der Waals surface area contributed by atoms with Gasteiger partial charge in [-0.15, -0.1) is 35.3 Å². The van der Waals surface area contributed by atoms with Crippen LogP contribution in [0.3, 0.4) is 0 Å². The second-order valence-electron chi connectivity index (χ2n) is 4.33. The van der Waals surface area contributed by atoms with Crippen LogP contribution in [0.15, 0.2) is 17.1 Å². The fourth-order valence-electron chi connectivity index (χ4n) is 1.43. The molecule has 1 aromatic rings. The number of aliphatic hydroxyl groups excluding tert-OH is 1. The maximum atomic E-state index is 10.0. The molecule has 0 radical (unpaired) electrons. The van der Waals surface area contributed by atoms with Gasteiger partial charge in [0.1, 0.15) is 6.10 Å². The average Bonchev–Trinajstić information content (AvgIpc) is 2.82. The minimum absolute atomic E-state index is 0. The average molecular weight is 432 g/mol. The van der Waals surface area contributed by atoms with Crippen LogP contribution in [0.5, 0.6) is 0 Å². The number of nitrogens with zero attached hydrogens (tertiary/aromatic N) is 1. The van der Waals surface area contributed by atoms with Crippen LogP contribution in [0, 0.1) is 0 Å². The Labute approximate surface area is 147 Å². The molecular weight excluding hydrogens is 409 g/mol. The molecule has 20 heavy (non-hydrogen) atoms. The number of hydrogen-bond acceptors (Lipinski definition) is 3. The summed E-state index contributed by atoms with van der Waals surface area (Å²) in [5.74, 6) is 0.735. The van der Waals surface area contributed by atoms with Crippen LogP contribution in [-0.4, -0.2) is 30.2 Å². The molecule has 0 aliphatic carbocycles. The summed E-state index contributed by atoms with van der Waals surface area (Å²) in [6.07, 6.45) is 0.415. The molecule has 2 unspecified atom stereocenters. The molecule has 2 atom stereocenters. The van der Waals surface area contributed by atoms with Gasteiger partial charge >= 0.3 is 0 Å². The van der Waals surface area contributed by atoms with Gasteiger partial charge in [0.05, 0.1) is 10.9 Å². The maximum Gasteiger partial charge on any atom is 0.191 e. The van der Waals surface area contributed by atoms with E-state index in [9.17, 15) is 5.11 Å². The zero-order valence-corrected chi connectivity index (χ0v) is 15.9. The van der Waals surface area contributed by atoms with Crippen LogP contribution < -0.4 is 10.6 Å². The second kappa shape index (κ2) is 10.6. The third-order valence-corrected chi connectivity index (χ3v) is 4.02. The first-order chi connectivity index (χ1) is 9.06. The van der Waals surface area contributed by atoms with E-state index < -0.39 is 6.10 Å². The predicted octanol–water partition coefficient (Wildman–Crippen LogP) is 3.41. The van der Waals surface area contributed by atoms with Crippen molar-refractivity contribution < 1.29 is 5.11 Å². The molecule has 0 saturated carbocycles. The van der Waals surface area contributed by atoms with Crippen molar-refractivity contribution in [3.8, 4) is 0 Å². The van der Waals surface area contributed by atoms with Crippen molar-refractivity contribution in [3.63, 3.8) is 0 Å². The Morgan fingerprint density at radius 3 is 2.65 bits per heavy atom. The molecule has 116 valence electrons. The largest absolute Gasteiger partial charge is 0.386 e. The zero-order valence-electron chi connectivity index (χ0n) is 12.0. The molecule has 1 rings (SSSR count). The highest BCUT2D eigenvalue weighted by Crippen LogP contribution is 2.26. The molecule has 7 heteroatoms. The van der Waals surface area contributed by atoms with Crippen molar-refractivity contribution in [1.82, 2.24) is 10.6 Å². The van der Waals surface area contributed by atoms with Crippen LogP contribution in [0.1, 0.15) is 38.2 Å². The SMILES string of the molecule is CCNC(=NCC(O)c1ccc(Cl)s1)NC(C)CC.I. The molecule has 3 N–H and O–H groups in total. The summed E-state index contributed by atoms with van der Waals surface area (Å²) >= 11 is 7.24.